The fraction of sp³-hybridized carbons (Fsp3) is 0.733. The first-order valence-corrected chi connectivity index (χ1v) is 8.26. The number of nitrogens with one attached hydrogen (secondary N) is 2. The first-order valence-electron chi connectivity index (χ1n) is 8.26. The molecule has 1 heterocycles. The molecule has 1 aliphatic carbocycles. The maximum atomic E-state index is 12.0. The van der Waals surface area contributed by atoms with Gasteiger partial charge in [-0.15, -0.1) is 0 Å². The minimum Gasteiger partial charge on any atom is -0.364 e. The molecule has 1 aliphatic rings. The molecule has 0 aliphatic heterocycles. The summed E-state index contributed by atoms with van der Waals surface area (Å²) in [5.74, 6) is 0.349. The number of anilines is 1. The fourth-order valence-electron chi connectivity index (χ4n) is 3.04. The van der Waals surface area contributed by atoms with E-state index in [-0.39, 0.29) is 17.6 Å². The Bertz CT molecular complexity index is 564. The Morgan fingerprint density at radius 1 is 1.39 bits per heavy atom. The first kappa shape index (κ1) is 17.2. The second-order valence-electron chi connectivity index (χ2n) is 5.96. The van der Waals surface area contributed by atoms with Gasteiger partial charge in [-0.2, -0.15) is 5.10 Å². The van der Waals surface area contributed by atoms with Crippen molar-refractivity contribution in [3.05, 3.63) is 15.8 Å². The van der Waals surface area contributed by atoms with Crippen LogP contribution in [0, 0.1) is 10.1 Å². The Kier molecular flexibility index (Phi) is 5.95. The molecule has 0 aromatic carbocycles. The van der Waals surface area contributed by atoms with Crippen LogP contribution in [-0.2, 0) is 18.3 Å². The van der Waals surface area contributed by atoms with Gasteiger partial charge in [0.05, 0.1) is 4.92 Å². The summed E-state index contributed by atoms with van der Waals surface area (Å²) < 4.78 is 1.47. The standard InChI is InChI=1S/C15H25N5O3/c1-3-12-14(20(22)23)15(19(2)18-12)16-10-9-13(21)17-11-7-5-4-6-8-11/h11,16H,3-10H2,1-2H3,(H,17,21). The van der Waals surface area contributed by atoms with E-state index in [2.05, 4.69) is 15.7 Å². The average molecular weight is 323 g/mol. The SMILES string of the molecule is CCc1nn(C)c(NCCC(=O)NC2CCCCC2)c1[N+](=O)[O-]. The molecular formula is C15H25N5O3. The summed E-state index contributed by atoms with van der Waals surface area (Å²) in [4.78, 5) is 22.7. The molecule has 8 heteroatoms. The van der Waals surface area contributed by atoms with Crippen LogP contribution in [-0.4, -0.2) is 33.2 Å². The Balaban J connectivity index is 1.87. The van der Waals surface area contributed by atoms with E-state index >= 15 is 0 Å². The van der Waals surface area contributed by atoms with Gasteiger partial charge >= 0.3 is 5.69 Å². The molecule has 1 aromatic rings. The molecule has 0 bridgehead atoms. The summed E-state index contributed by atoms with van der Waals surface area (Å²) in [6.45, 7) is 2.18. The first-order chi connectivity index (χ1) is 11.0. The Hall–Kier alpha value is -2.12. The molecule has 1 fully saturated rings. The highest BCUT2D eigenvalue weighted by Gasteiger charge is 2.25. The third-order valence-corrected chi connectivity index (χ3v) is 4.22. The average Bonchev–Trinajstić information content (AvgIpc) is 2.84. The molecule has 0 saturated heterocycles. The summed E-state index contributed by atoms with van der Waals surface area (Å²) in [5, 5.41) is 21.4. The van der Waals surface area contributed by atoms with Crippen LogP contribution < -0.4 is 10.6 Å². The van der Waals surface area contributed by atoms with Crippen LogP contribution >= 0.6 is 0 Å². The van der Waals surface area contributed by atoms with Crippen molar-refractivity contribution in [1.29, 1.82) is 0 Å². The van der Waals surface area contributed by atoms with Gasteiger partial charge < -0.3 is 10.6 Å². The predicted octanol–water partition coefficient (Wildman–Crippen LogP) is 2.14. The molecular weight excluding hydrogens is 298 g/mol. The highest BCUT2D eigenvalue weighted by atomic mass is 16.6. The summed E-state index contributed by atoms with van der Waals surface area (Å²) >= 11 is 0. The number of carbonyl (C=O) groups is 1. The Morgan fingerprint density at radius 3 is 2.70 bits per heavy atom. The van der Waals surface area contributed by atoms with Crippen LogP contribution in [0.5, 0.6) is 0 Å². The summed E-state index contributed by atoms with van der Waals surface area (Å²) in [6.07, 6.45) is 6.47. The third-order valence-electron chi connectivity index (χ3n) is 4.22. The second-order valence-corrected chi connectivity index (χ2v) is 5.96. The van der Waals surface area contributed by atoms with Gasteiger partial charge in [-0.1, -0.05) is 26.2 Å². The lowest BCUT2D eigenvalue weighted by atomic mass is 9.95. The molecule has 128 valence electrons. The van der Waals surface area contributed by atoms with Crippen molar-refractivity contribution in [3.8, 4) is 0 Å². The fourth-order valence-corrected chi connectivity index (χ4v) is 3.04. The van der Waals surface area contributed by atoms with Crippen molar-refractivity contribution in [2.24, 2.45) is 7.05 Å². The molecule has 2 rings (SSSR count). The van der Waals surface area contributed by atoms with Crippen molar-refractivity contribution in [2.45, 2.75) is 57.9 Å². The van der Waals surface area contributed by atoms with Crippen molar-refractivity contribution in [3.63, 3.8) is 0 Å². The number of amides is 1. The number of aryl methyl sites for hydroxylation is 2. The molecule has 2 N–H and O–H groups in total. The van der Waals surface area contributed by atoms with Gasteiger partial charge in [-0.3, -0.25) is 14.9 Å². The zero-order valence-electron chi connectivity index (χ0n) is 13.8. The van der Waals surface area contributed by atoms with Crippen LogP contribution in [0.1, 0.15) is 51.1 Å². The monoisotopic (exact) mass is 323 g/mol. The lowest BCUT2D eigenvalue weighted by Gasteiger charge is -2.22. The van der Waals surface area contributed by atoms with Crippen molar-refractivity contribution >= 4 is 17.4 Å². The lowest BCUT2D eigenvalue weighted by molar-refractivity contribution is -0.384. The van der Waals surface area contributed by atoms with E-state index in [1.807, 2.05) is 6.92 Å². The molecule has 1 aromatic heterocycles. The quantitative estimate of drug-likeness (QED) is 0.591. The van der Waals surface area contributed by atoms with E-state index in [4.69, 9.17) is 0 Å². The van der Waals surface area contributed by atoms with Crippen molar-refractivity contribution < 1.29 is 9.72 Å². The van der Waals surface area contributed by atoms with E-state index in [1.54, 1.807) is 7.05 Å². The van der Waals surface area contributed by atoms with Crippen LogP contribution in [0.2, 0.25) is 0 Å². The minimum absolute atomic E-state index is 0.00249. The summed E-state index contributed by atoms with van der Waals surface area (Å²) in [6, 6.07) is 0.286. The predicted molar refractivity (Wildman–Crippen MR) is 87.4 cm³/mol. The summed E-state index contributed by atoms with van der Waals surface area (Å²) in [5.41, 5.74) is 0.453. The largest absolute Gasteiger partial charge is 0.364 e. The molecule has 23 heavy (non-hydrogen) atoms. The van der Waals surface area contributed by atoms with Gasteiger partial charge in [-0.05, 0) is 19.3 Å². The number of carbonyl (C=O) groups excluding carboxylic acids is 1. The Labute approximate surface area is 135 Å². The number of rotatable bonds is 7. The molecule has 0 spiro atoms. The molecule has 0 unspecified atom stereocenters. The van der Waals surface area contributed by atoms with Crippen LogP contribution in [0.15, 0.2) is 0 Å². The summed E-state index contributed by atoms with van der Waals surface area (Å²) in [7, 11) is 1.66. The topological polar surface area (TPSA) is 102 Å². The van der Waals surface area contributed by atoms with Gasteiger partial charge in [0, 0.05) is 26.1 Å². The second kappa shape index (κ2) is 7.94. The van der Waals surface area contributed by atoms with Crippen molar-refractivity contribution in [1.82, 2.24) is 15.1 Å². The molecule has 0 radical (unpaired) electrons. The third kappa shape index (κ3) is 4.43. The minimum atomic E-state index is -0.420. The normalized spacial score (nSPS) is 15.4. The number of nitrogens with zero attached hydrogens (tertiary/aromatic N) is 3. The van der Waals surface area contributed by atoms with E-state index in [9.17, 15) is 14.9 Å². The van der Waals surface area contributed by atoms with E-state index < -0.39 is 4.92 Å². The molecule has 8 nitrogen and oxygen atoms in total. The van der Waals surface area contributed by atoms with Crippen molar-refractivity contribution in [2.75, 3.05) is 11.9 Å². The highest BCUT2D eigenvalue weighted by Crippen LogP contribution is 2.28. The van der Waals surface area contributed by atoms with E-state index in [1.165, 1.54) is 23.9 Å². The van der Waals surface area contributed by atoms with Crippen LogP contribution in [0.25, 0.3) is 0 Å². The molecule has 1 amide bonds. The zero-order valence-corrected chi connectivity index (χ0v) is 13.8. The van der Waals surface area contributed by atoms with Gasteiger partial charge in [0.15, 0.2) is 0 Å². The van der Waals surface area contributed by atoms with Gasteiger partial charge in [0.2, 0.25) is 11.7 Å². The number of hydrogen-bond acceptors (Lipinski definition) is 5. The lowest BCUT2D eigenvalue weighted by Crippen LogP contribution is -2.36. The smallest absolute Gasteiger partial charge is 0.333 e. The number of hydrogen-bond donors (Lipinski definition) is 2. The van der Waals surface area contributed by atoms with Gasteiger partial charge in [-0.25, -0.2) is 4.68 Å². The van der Waals surface area contributed by atoms with Gasteiger partial charge in [0.1, 0.15) is 5.69 Å². The van der Waals surface area contributed by atoms with E-state index in [0.717, 1.165) is 12.8 Å². The van der Waals surface area contributed by atoms with Crippen LogP contribution in [0.4, 0.5) is 11.5 Å². The highest BCUT2D eigenvalue weighted by molar-refractivity contribution is 5.77. The number of nitro groups is 1. The number of aromatic nitrogens is 2. The van der Waals surface area contributed by atoms with Gasteiger partial charge in [0.25, 0.3) is 0 Å². The molecule has 0 atom stereocenters. The Morgan fingerprint density at radius 2 is 2.09 bits per heavy atom. The maximum Gasteiger partial charge on any atom is 0.333 e. The zero-order chi connectivity index (χ0) is 16.8. The van der Waals surface area contributed by atoms with E-state index in [0.29, 0.717) is 30.9 Å². The van der Waals surface area contributed by atoms with Crippen LogP contribution in [0.3, 0.4) is 0 Å². The maximum absolute atomic E-state index is 12.0. The molecule has 1 saturated carbocycles.